The van der Waals surface area contributed by atoms with E-state index in [1.165, 1.54) is 6.07 Å². The standard InChI is InChI=1S/C16H17BrClFN2/c1-2-8-20-15(14-7-6-12(18)10-21-14)9-11-4-3-5-13(19)16(11)17/h3-7,10,15,20H,2,8-9H2,1H3. The van der Waals surface area contributed by atoms with Crippen LogP contribution in [0.25, 0.3) is 0 Å². The first-order valence-corrected chi connectivity index (χ1v) is 8.06. The van der Waals surface area contributed by atoms with Gasteiger partial charge in [0.25, 0.3) is 0 Å². The Hall–Kier alpha value is -0.970. The summed E-state index contributed by atoms with van der Waals surface area (Å²) >= 11 is 9.20. The van der Waals surface area contributed by atoms with Crippen molar-refractivity contribution in [1.29, 1.82) is 0 Å². The zero-order valence-electron chi connectivity index (χ0n) is 11.7. The quantitative estimate of drug-likeness (QED) is 0.779. The minimum absolute atomic E-state index is 0.0281. The number of nitrogens with one attached hydrogen (secondary N) is 1. The van der Waals surface area contributed by atoms with Gasteiger partial charge >= 0.3 is 0 Å². The van der Waals surface area contributed by atoms with E-state index in [1.807, 2.05) is 18.2 Å². The Morgan fingerprint density at radius 2 is 2.14 bits per heavy atom. The van der Waals surface area contributed by atoms with Crippen molar-refractivity contribution in [1.82, 2.24) is 10.3 Å². The Bertz CT molecular complexity index is 589. The van der Waals surface area contributed by atoms with Crippen LogP contribution in [0.1, 0.15) is 30.6 Å². The molecule has 21 heavy (non-hydrogen) atoms. The van der Waals surface area contributed by atoms with Crippen LogP contribution < -0.4 is 5.32 Å². The lowest BCUT2D eigenvalue weighted by atomic mass is 10.0. The van der Waals surface area contributed by atoms with E-state index in [0.717, 1.165) is 24.2 Å². The molecule has 1 heterocycles. The number of nitrogens with zero attached hydrogens (tertiary/aromatic N) is 1. The van der Waals surface area contributed by atoms with E-state index in [4.69, 9.17) is 11.6 Å². The molecule has 0 spiro atoms. The van der Waals surface area contributed by atoms with Crippen molar-refractivity contribution in [2.75, 3.05) is 6.54 Å². The van der Waals surface area contributed by atoms with Gasteiger partial charge in [-0.3, -0.25) is 4.98 Å². The Balaban J connectivity index is 2.23. The zero-order chi connectivity index (χ0) is 15.2. The highest BCUT2D eigenvalue weighted by Gasteiger charge is 2.15. The molecule has 5 heteroatoms. The summed E-state index contributed by atoms with van der Waals surface area (Å²) < 4.78 is 14.2. The summed E-state index contributed by atoms with van der Waals surface area (Å²) in [6.45, 7) is 2.99. The zero-order valence-corrected chi connectivity index (χ0v) is 14.1. The summed E-state index contributed by atoms with van der Waals surface area (Å²) in [5, 5.41) is 4.06. The van der Waals surface area contributed by atoms with E-state index in [2.05, 4.69) is 33.2 Å². The average Bonchev–Trinajstić information content (AvgIpc) is 2.49. The highest BCUT2D eigenvalue weighted by molar-refractivity contribution is 9.10. The van der Waals surface area contributed by atoms with Crippen molar-refractivity contribution >= 4 is 27.5 Å². The molecule has 0 aliphatic heterocycles. The van der Waals surface area contributed by atoms with Gasteiger partial charge in [-0.15, -0.1) is 0 Å². The Morgan fingerprint density at radius 3 is 2.81 bits per heavy atom. The van der Waals surface area contributed by atoms with Gasteiger partial charge in [0, 0.05) is 6.20 Å². The summed E-state index contributed by atoms with van der Waals surface area (Å²) in [7, 11) is 0. The average molecular weight is 372 g/mol. The van der Waals surface area contributed by atoms with E-state index in [-0.39, 0.29) is 11.9 Å². The Kier molecular flexibility index (Phi) is 6.15. The fourth-order valence-corrected chi connectivity index (χ4v) is 2.66. The molecule has 0 amide bonds. The van der Waals surface area contributed by atoms with Crippen molar-refractivity contribution in [2.24, 2.45) is 0 Å². The van der Waals surface area contributed by atoms with E-state index in [9.17, 15) is 4.39 Å². The van der Waals surface area contributed by atoms with Crippen LogP contribution in [0.15, 0.2) is 41.0 Å². The third kappa shape index (κ3) is 4.50. The molecule has 2 nitrogen and oxygen atoms in total. The smallest absolute Gasteiger partial charge is 0.137 e. The van der Waals surface area contributed by atoms with E-state index in [1.54, 1.807) is 12.3 Å². The predicted octanol–water partition coefficient (Wildman–Crippen LogP) is 4.92. The molecule has 0 saturated carbocycles. The largest absolute Gasteiger partial charge is 0.308 e. The third-order valence-corrected chi connectivity index (χ3v) is 4.32. The molecular weight excluding hydrogens is 355 g/mol. The van der Waals surface area contributed by atoms with Crippen LogP contribution in [0, 0.1) is 5.82 Å². The normalized spacial score (nSPS) is 12.4. The molecule has 112 valence electrons. The van der Waals surface area contributed by atoms with Gasteiger partial charge < -0.3 is 5.32 Å². The predicted molar refractivity (Wildman–Crippen MR) is 88.1 cm³/mol. The van der Waals surface area contributed by atoms with E-state index >= 15 is 0 Å². The summed E-state index contributed by atoms with van der Waals surface area (Å²) in [5.74, 6) is -0.245. The van der Waals surface area contributed by atoms with Crippen LogP contribution >= 0.6 is 27.5 Å². The molecule has 1 aromatic heterocycles. The highest BCUT2D eigenvalue weighted by atomic mass is 79.9. The van der Waals surface area contributed by atoms with Gasteiger partial charge in [0.1, 0.15) is 5.82 Å². The number of halogens is 3. The molecule has 0 bridgehead atoms. The monoisotopic (exact) mass is 370 g/mol. The maximum absolute atomic E-state index is 13.6. The van der Waals surface area contributed by atoms with Crippen molar-refractivity contribution in [3.05, 3.63) is 63.1 Å². The summed E-state index contributed by atoms with van der Waals surface area (Å²) in [6, 6.07) is 8.85. The molecule has 1 unspecified atom stereocenters. The van der Waals surface area contributed by atoms with Gasteiger partial charge in [-0.25, -0.2) is 4.39 Å². The Morgan fingerprint density at radius 1 is 1.33 bits per heavy atom. The SMILES string of the molecule is CCCNC(Cc1cccc(F)c1Br)c1ccc(Cl)cn1. The van der Waals surface area contributed by atoms with Gasteiger partial charge in [-0.1, -0.05) is 30.7 Å². The molecule has 0 saturated heterocycles. The van der Waals surface area contributed by atoms with Gasteiger partial charge in [0.15, 0.2) is 0 Å². The van der Waals surface area contributed by atoms with Crippen molar-refractivity contribution in [3.8, 4) is 0 Å². The van der Waals surface area contributed by atoms with Gasteiger partial charge in [-0.05, 0) is 59.1 Å². The number of pyridine rings is 1. The molecule has 0 fully saturated rings. The molecule has 0 radical (unpaired) electrons. The second-order valence-corrected chi connectivity index (χ2v) is 6.05. The maximum Gasteiger partial charge on any atom is 0.137 e. The lowest BCUT2D eigenvalue weighted by molar-refractivity contribution is 0.515. The van der Waals surface area contributed by atoms with E-state index < -0.39 is 0 Å². The van der Waals surface area contributed by atoms with Gasteiger partial charge in [0.2, 0.25) is 0 Å². The first kappa shape index (κ1) is 16.4. The van der Waals surface area contributed by atoms with Crippen LogP contribution in [-0.2, 0) is 6.42 Å². The van der Waals surface area contributed by atoms with Crippen molar-refractivity contribution in [3.63, 3.8) is 0 Å². The Labute approximate surface area is 137 Å². The van der Waals surface area contributed by atoms with E-state index in [0.29, 0.717) is 15.9 Å². The molecule has 0 aliphatic carbocycles. The molecular formula is C16H17BrClFN2. The number of rotatable bonds is 6. The number of hydrogen-bond acceptors (Lipinski definition) is 2. The third-order valence-electron chi connectivity index (χ3n) is 3.20. The second kappa shape index (κ2) is 7.87. The molecule has 0 aliphatic rings. The first-order valence-electron chi connectivity index (χ1n) is 6.89. The number of benzene rings is 1. The van der Waals surface area contributed by atoms with Crippen LogP contribution in [0.2, 0.25) is 5.02 Å². The number of hydrogen-bond donors (Lipinski definition) is 1. The minimum atomic E-state index is -0.245. The summed E-state index contributed by atoms with van der Waals surface area (Å²) in [6.07, 6.45) is 3.32. The summed E-state index contributed by atoms with van der Waals surface area (Å²) in [5.41, 5.74) is 1.82. The summed E-state index contributed by atoms with van der Waals surface area (Å²) in [4.78, 5) is 4.38. The molecule has 2 aromatic rings. The lowest BCUT2D eigenvalue weighted by Crippen LogP contribution is -2.25. The highest BCUT2D eigenvalue weighted by Crippen LogP contribution is 2.25. The van der Waals surface area contributed by atoms with Crippen LogP contribution in [-0.4, -0.2) is 11.5 Å². The van der Waals surface area contributed by atoms with Gasteiger partial charge in [-0.2, -0.15) is 0 Å². The van der Waals surface area contributed by atoms with Crippen LogP contribution in [0.3, 0.4) is 0 Å². The number of aromatic nitrogens is 1. The molecule has 1 atom stereocenters. The topological polar surface area (TPSA) is 24.9 Å². The van der Waals surface area contributed by atoms with Crippen LogP contribution in [0.4, 0.5) is 4.39 Å². The van der Waals surface area contributed by atoms with Crippen molar-refractivity contribution < 1.29 is 4.39 Å². The van der Waals surface area contributed by atoms with Crippen molar-refractivity contribution in [2.45, 2.75) is 25.8 Å². The second-order valence-electron chi connectivity index (χ2n) is 4.83. The molecule has 1 aromatic carbocycles. The maximum atomic E-state index is 13.6. The minimum Gasteiger partial charge on any atom is -0.308 e. The first-order chi connectivity index (χ1) is 10.1. The van der Waals surface area contributed by atoms with Gasteiger partial charge in [0.05, 0.1) is 21.2 Å². The fourth-order valence-electron chi connectivity index (χ4n) is 2.12. The fraction of sp³-hybridized carbons (Fsp3) is 0.312. The molecule has 1 N–H and O–H groups in total. The molecule has 2 rings (SSSR count). The van der Waals surface area contributed by atoms with Crippen LogP contribution in [0.5, 0.6) is 0 Å². The lowest BCUT2D eigenvalue weighted by Gasteiger charge is -2.19.